The van der Waals surface area contributed by atoms with Crippen LogP contribution >= 0.6 is 0 Å². The average molecular weight is 268 g/mol. The normalized spacial score (nSPS) is 12.7. The summed E-state index contributed by atoms with van der Waals surface area (Å²) in [6, 6.07) is 9.68. The number of hydrogen-bond donors (Lipinski definition) is 1. The molecular formula is C16H16N2O2. The molecule has 0 saturated heterocycles. The van der Waals surface area contributed by atoms with Gasteiger partial charge in [-0.2, -0.15) is 0 Å². The molecule has 1 aromatic carbocycles. The number of nitrogens with one attached hydrogen (secondary N) is 1. The molecule has 0 saturated carbocycles. The molecule has 102 valence electrons. The number of fused-ring (bicyclic) bond motifs is 1. The van der Waals surface area contributed by atoms with Crippen molar-refractivity contribution < 1.29 is 9.53 Å². The number of benzene rings is 1. The Morgan fingerprint density at radius 3 is 3.10 bits per heavy atom. The van der Waals surface area contributed by atoms with E-state index in [0.29, 0.717) is 12.2 Å². The zero-order valence-electron chi connectivity index (χ0n) is 11.3. The zero-order chi connectivity index (χ0) is 13.9. The lowest BCUT2D eigenvalue weighted by atomic mass is 10.0. The van der Waals surface area contributed by atoms with Crippen LogP contribution in [-0.2, 0) is 11.2 Å². The van der Waals surface area contributed by atoms with E-state index in [1.807, 2.05) is 6.07 Å². The van der Waals surface area contributed by atoms with E-state index in [1.165, 1.54) is 11.3 Å². The lowest BCUT2D eigenvalue weighted by Gasteiger charge is -2.06. The first-order valence-electron chi connectivity index (χ1n) is 6.78. The molecule has 0 unspecified atom stereocenters. The molecule has 1 N–H and O–H groups in total. The molecule has 0 radical (unpaired) electrons. The molecule has 0 bridgehead atoms. The second-order valence-corrected chi connectivity index (χ2v) is 4.70. The molecule has 1 aliphatic heterocycles. The van der Waals surface area contributed by atoms with Crippen LogP contribution in [0.1, 0.15) is 22.8 Å². The molecule has 0 fully saturated rings. The summed E-state index contributed by atoms with van der Waals surface area (Å²) >= 11 is 0. The van der Waals surface area contributed by atoms with Gasteiger partial charge in [0.15, 0.2) is 0 Å². The Morgan fingerprint density at radius 1 is 1.35 bits per heavy atom. The first-order valence-corrected chi connectivity index (χ1v) is 6.78. The van der Waals surface area contributed by atoms with Crippen LogP contribution in [0.3, 0.4) is 0 Å². The zero-order valence-corrected chi connectivity index (χ0v) is 11.3. The first-order chi connectivity index (χ1) is 9.78. The molecule has 1 aliphatic rings. The molecule has 0 aliphatic carbocycles. The fraction of sp³-hybridized carbons (Fsp3) is 0.250. The van der Waals surface area contributed by atoms with Crippen molar-refractivity contribution in [2.45, 2.75) is 13.3 Å². The molecule has 4 heteroatoms. The van der Waals surface area contributed by atoms with Crippen LogP contribution in [-0.4, -0.2) is 24.1 Å². The van der Waals surface area contributed by atoms with E-state index < -0.39 is 0 Å². The lowest BCUT2D eigenvalue weighted by molar-refractivity contribution is 0.0526. The molecular weight excluding hydrogens is 252 g/mol. The Bertz CT molecular complexity index is 653. The number of carbonyl (C=O) groups excluding carboxylic acids is 1. The SMILES string of the molecule is CCOC(=O)c1ccnc(-c2ccc3c(c2)CCN3)c1. The Kier molecular flexibility index (Phi) is 3.37. The minimum Gasteiger partial charge on any atom is -0.462 e. The van der Waals surface area contributed by atoms with E-state index >= 15 is 0 Å². The monoisotopic (exact) mass is 268 g/mol. The second kappa shape index (κ2) is 5.33. The van der Waals surface area contributed by atoms with Gasteiger partial charge < -0.3 is 10.1 Å². The number of pyridine rings is 1. The smallest absolute Gasteiger partial charge is 0.338 e. The van der Waals surface area contributed by atoms with Crippen molar-refractivity contribution >= 4 is 11.7 Å². The van der Waals surface area contributed by atoms with E-state index in [9.17, 15) is 4.79 Å². The summed E-state index contributed by atoms with van der Waals surface area (Å²) in [6.07, 6.45) is 2.67. The highest BCUT2D eigenvalue weighted by Gasteiger charge is 2.13. The molecule has 20 heavy (non-hydrogen) atoms. The molecule has 1 aromatic heterocycles. The highest BCUT2D eigenvalue weighted by Crippen LogP contribution is 2.27. The van der Waals surface area contributed by atoms with E-state index in [0.717, 1.165) is 24.2 Å². The average Bonchev–Trinajstić information content (AvgIpc) is 2.95. The van der Waals surface area contributed by atoms with Crippen LogP contribution in [0.15, 0.2) is 36.5 Å². The number of anilines is 1. The minimum atomic E-state index is -0.307. The van der Waals surface area contributed by atoms with Crippen LogP contribution in [0.5, 0.6) is 0 Å². The van der Waals surface area contributed by atoms with Gasteiger partial charge >= 0.3 is 5.97 Å². The van der Waals surface area contributed by atoms with E-state index in [1.54, 1.807) is 25.3 Å². The predicted molar refractivity (Wildman–Crippen MR) is 77.8 cm³/mol. The Balaban J connectivity index is 1.94. The van der Waals surface area contributed by atoms with E-state index in [2.05, 4.69) is 22.4 Å². The molecule has 2 heterocycles. The van der Waals surface area contributed by atoms with Gasteiger partial charge in [-0.3, -0.25) is 4.98 Å². The number of hydrogen-bond acceptors (Lipinski definition) is 4. The van der Waals surface area contributed by atoms with Crippen molar-refractivity contribution in [3.05, 3.63) is 47.7 Å². The Labute approximate surface area is 117 Å². The molecule has 0 atom stereocenters. The van der Waals surface area contributed by atoms with Crippen LogP contribution in [0, 0.1) is 0 Å². The Hall–Kier alpha value is -2.36. The Morgan fingerprint density at radius 2 is 2.25 bits per heavy atom. The molecule has 0 amide bonds. The fourth-order valence-corrected chi connectivity index (χ4v) is 2.39. The summed E-state index contributed by atoms with van der Waals surface area (Å²) in [5.41, 5.74) is 4.85. The van der Waals surface area contributed by atoms with Gasteiger partial charge in [0.05, 0.1) is 17.9 Å². The topological polar surface area (TPSA) is 51.2 Å². The van der Waals surface area contributed by atoms with Gasteiger partial charge in [-0.15, -0.1) is 0 Å². The summed E-state index contributed by atoms with van der Waals surface area (Å²) in [5, 5.41) is 3.33. The first kappa shape index (κ1) is 12.7. The highest BCUT2D eigenvalue weighted by atomic mass is 16.5. The molecule has 2 aromatic rings. The summed E-state index contributed by atoms with van der Waals surface area (Å²) < 4.78 is 5.02. The number of nitrogens with zero attached hydrogens (tertiary/aromatic N) is 1. The van der Waals surface area contributed by atoms with Gasteiger partial charge in [0.25, 0.3) is 0 Å². The number of aromatic nitrogens is 1. The van der Waals surface area contributed by atoms with Crippen molar-refractivity contribution in [2.75, 3.05) is 18.5 Å². The van der Waals surface area contributed by atoms with Gasteiger partial charge in [0.2, 0.25) is 0 Å². The largest absolute Gasteiger partial charge is 0.462 e. The van der Waals surface area contributed by atoms with Gasteiger partial charge in [-0.1, -0.05) is 6.07 Å². The maximum atomic E-state index is 11.8. The van der Waals surface area contributed by atoms with Crippen molar-refractivity contribution in [1.29, 1.82) is 0 Å². The highest BCUT2D eigenvalue weighted by molar-refractivity contribution is 5.90. The fourth-order valence-electron chi connectivity index (χ4n) is 2.39. The molecule has 4 nitrogen and oxygen atoms in total. The maximum absolute atomic E-state index is 11.8. The third-order valence-corrected chi connectivity index (χ3v) is 3.38. The summed E-state index contributed by atoms with van der Waals surface area (Å²) in [5.74, 6) is -0.307. The second-order valence-electron chi connectivity index (χ2n) is 4.70. The third-order valence-electron chi connectivity index (χ3n) is 3.38. The van der Waals surface area contributed by atoms with E-state index in [4.69, 9.17) is 4.74 Å². The number of carbonyl (C=O) groups is 1. The third kappa shape index (κ3) is 2.37. The van der Waals surface area contributed by atoms with Crippen molar-refractivity contribution in [2.24, 2.45) is 0 Å². The van der Waals surface area contributed by atoms with Crippen LogP contribution in [0.4, 0.5) is 5.69 Å². The lowest BCUT2D eigenvalue weighted by Crippen LogP contribution is -2.05. The quantitative estimate of drug-likeness (QED) is 0.870. The summed E-state index contributed by atoms with van der Waals surface area (Å²) in [6.45, 7) is 3.16. The maximum Gasteiger partial charge on any atom is 0.338 e. The molecule has 3 rings (SSSR count). The number of rotatable bonds is 3. The standard InChI is InChI=1S/C16H16N2O2/c1-2-20-16(19)13-6-8-18-15(10-13)11-3-4-14-12(9-11)5-7-17-14/h3-4,6,8-10,17H,2,5,7H2,1H3. The van der Waals surface area contributed by atoms with Crippen molar-refractivity contribution in [3.8, 4) is 11.3 Å². The molecule has 0 spiro atoms. The summed E-state index contributed by atoms with van der Waals surface area (Å²) in [7, 11) is 0. The van der Waals surface area contributed by atoms with Gasteiger partial charge in [-0.25, -0.2) is 4.79 Å². The predicted octanol–water partition coefficient (Wildman–Crippen LogP) is 2.89. The van der Waals surface area contributed by atoms with Crippen molar-refractivity contribution in [3.63, 3.8) is 0 Å². The van der Waals surface area contributed by atoms with Gasteiger partial charge in [-0.05, 0) is 43.2 Å². The summed E-state index contributed by atoms with van der Waals surface area (Å²) in [4.78, 5) is 16.1. The van der Waals surface area contributed by atoms with Crippen LogP contribution < -0.4 is 5.32 Å². The van der Waals surface area contributed by atoms with E-state index in [-0.39, 0.29) is 5.97 Å². The number of ether oxygens (including phenoxy) is 1. The van der Waals surface area contributed by atoms with Gasteiger partial charge in [0.1, 0.15) is 0 Å². The van der Waals surface area contributed by atoms with Gasteiger partial charge in [0, 0.05) is 24.0 Å². The van der Waals surface area contributed by atoms with Crippen molar-refractivity contribution in [1.82, 2.24) is 4.98 Å². The number of esters is 1. The minimum absolute atomic E-state index is 0.307. The van der Waals surface area contributed by atoms with Crippen LogP contribution in [0.25, 0.3) is 11.3 Å². The van der Waals surface area contributed by atoms with Crippen LogP contribution in [0.2, 0.25) is 0 Å².